The van der Waals surface area contributed by atoms with Crippen LogP contribution in [0.3, 0.4) is 0 Å². The zero-order chi connectivity index (χ0) is 11.5. The van der Waals surface area contributed by atoms with Gasteiger partial charge in [-0.3, -0.25) is 0 Å². The predicted octanol–water partition coefficient (Wildman–Crippen LogP) is 3.89. The topological polar surface area (TPSA) is 26.0 Å². The fourth-order valence-corrected chi connectivity index (χ4v) is 2.93. The zero-order valence-corrected chi connectivity index (χ0v) is 10.9. The van der Waals surface area contributed by atoms with Crippen LogP contribution in [-0.4, -0.2) is 0 Å². The summed E-state index contributed by atoms with van der Waals surface area (Å²) in [5.74, 6) is -0.212. The van der Waals surface area contributed by atoms with Crippen LogP contribution >= 0.6 is 27.3 Å². The molecule has 0 radical (unpaired) electrons. The molecule has 0 aliphatic rings. The quantitative estimate of drug-likeness (QED) is 0.914. The van der Waals surface area contributed by atoms with E-state index in [0.717, 1.165) is 20.6 Å². The third-order valence-corrected chi connectivity index (χ3v) is 4.08. The lowest BCUT2D eigenvalue weighted by molar-refractivity contribution is 0.626. The third-order valence-electron chi connectivity index (χ3n) is 2.33. The number of halogens is 2. The standard InChI is InChI=1S/C12H11BrFNS/c13-12-6-5-11(16-12)10(15)7-8-1-3-9(14)4-2-8/h1-6,10H,7,15H2. The fourth-order valence-electron chi connectivity index (χ4n) is 1.50. The normalized spacial score (nSPS) is 12.7. The Morgan fingerprint density at radius 2 is 1.88 bits per heavy atom. The lowest BCUT2D eigenvalue weighted by Crippen LogP contribution is -2.11. The highest BCUT2D eigenvalue weighted by Gasteiger charge is 2.09. The monoisotopic (exact) mass is 299 g/mol. The SMILES string of the molecule is NC(Cc1ccc(F)cc1)c1ccc(Br)s1. The van der Waals surface area contributed by atoms with Gasteiger partial charge in [-0.25, -0.2) is 4.39 Å². The first-order valence-corrected chi connectivity index (χ1v) is 6.51. The lowest BCUT2D eigenvalue weighted by Gasteiger charge is -2.09. The molecule has 1 aromatic heterocycles. The van der Waals surface area contributed by atoms with Gasteiger partial charge < -0.3 is 5.73 Å². The summed E-state index contributed by atoms with van der Waals surface area (Å²) in [5, 5.41) is 0. The molecule has 0 aliphatic heterocycles. The van der Waals surface area contributed by atoms with Gasteiger partial charge in [0.1, 0.15) is 5.82 Å². The highest BCUT2D eigenvalue weighted by atomic mass is 79.9. The maximum Gasteiger partial charge on any atom is 0.123 e. The van der Waals surface area contributed by atoms with Crippen LogP contribution in [-0.2, 0) is 6.42 Å². The Morgan fingerprint density at radius 3 is 2.44 bits per heavy atom. The van der Waals surface area contributed by atoms with Crippen LogP contribution in [0.1, 0.15) is 16.5 Å². The van der Waals surface area contributed by atoms with E-state index in [0.29, 0.717) is 0 Å². The van der Waals surface area contributed by atoms with Crippen molar-refractivity contribution in [3.8, 4) is 0 Å². The van der Waals surface area contributed by atoms with Crippen molar-refractivity contribution >= 4 is 27.3 Å². The molecular formula is C12H11BrFNS. The highest BCUT2D eigenvalue weighted by molar-refractivity contribution is 9.11. The van der Waals surface area contributed by atoms with Crippen molar-refractivity contribution < 1.29 is 4.39 Å². The summed E-state index contributed by atoms with van der Waals surface area (Å²) >= 11 is 5.04. The Bertz CT molecular complexity index is 466. The molecule has 1 nitrogen and oxygen atoms in total. The molecule has 0 aliphatic carbocycles. The van der Waals surface area contributed by atoms with E-state index in [9.17, 15) is 4.39 Å². The molecule has 4 heteroatoms. The summed E-state index contributed by atoms with van der Waals surface area (Å²) < 4.78 is 13.8. The molecule has 0 bridgehead atoms. The molecule has 2 rings (SSSR count). The van der Waals surface area contributed by atoms with Crippen LogP contribution in [0.15, 0.2) is 40.2 Å². The van der Waals surface area contributed by atoms with Crippen molar-refractivity contribution in [2.24, 2.45) is 5.73 Å². The van der Waals surface area contributed by atoms with E-state index >= 15 is 0 Å². The second-order valence-electron chi connectivity index (χ2n) is 3.58. The molecule has 0 fully saturated rings. The average Bonchev–Trinajstić information content (AvgIpc) is 2.68. The third kappa shape index (κ3) is 2.90. The van der Waals surface area contributed by atoms with Gasteiger partial charge in [-0.05, 0) is 52.2 Å². The van der Waals surface area contributed by atoms with E-state index in [1.54, 1.807) is 23.5 Å². The van der Waals surface area contributed by atoms with Gasteiger partial charge >= 0.3 is 0 Å². The van der Waals surface area contributed by atoms with Crippen LogP contribution in [0.5, 0.6) is 0 Å². The summed E-state index contributed by atoms with van der Waals surface area (Å²) in [5.41, 5.74) is 7.13. The number of hydrogen-bond donors (Lipinski definition) is 1. The number of thiophene rings is 1. The fraction of sp³-hybridized carbons (Fsp3) is 0.167. The Morgan fingerprint density at radius 1 is 1.19 bits per heavy atom. The Balaban J connectivity index is 2.07. The molecule has 0 saturated heterocycles. The van der Waals surface area contributed by atoms with Crippen molar-refractivity contribution in [2.45, 2.75) is 12.5 Å². The molecule has 0 spiro atoms. The Labute approximate surface area is 106 Å². The smallest absolute Gasteiger partial charge is 0.123 e. The molecule has 0 amide bonds. The van der Waals surface area contributed by atoms with Crippen LogP contribution < -0.4 is 5.73 Å². The van der Waals surface area contributed by atoms with E-state index in [2.05, 4.69) is 15.9 Å². The van der Waals surface area contributed by atoms with Gasteiger partial charge in [-0.1, -0.05) is 12.1 Å². The van der Waals surface area contributed by atoms with Gasteiger partial charge in [-0.2, -0.15) is 0 Å². The summed E-state index contributed by atoms with van der Waals surface area (Å²) in [6, 6.07) is 10.5. The number of hydrogen-bond acceptors (Lipinski definition) is 2. The van der Waals surface area contributed by atoms with Gasteiger partial charge in [0.2, 0.25) is 0 Å². The van der Waals surface area contributed by atoms with Crippen LogP contribution in [0.4, 0.5) is 4.39 Å². The summed E-state index contributed by atoms with van der Waals surface area (Å²) in [6.45, 7) is 0. The highest BCUT2D eigenvalue weighted by Crippen LogP contribution is 2.27. The van der Waals surface area contributed by atoms with E-state index < -0.39 is 0 Å². The first-order chi connectivity index (χ1) is 7.65. The van der Waals surface area contributed by atoms with Gasteiger partial charge in [0, 0.05) is 10.9 Å². The number of nitrogens with two attached hydrogens (primary N) is 1. The van der Waals surface area contributed by atoms with E-state index in [4.69, 9.17) is 5.73 Å². The van der Waals surface area contributed by atoms with Crippen LogP contribution in [0, 0.1) is 5.82 Å². The molecule has 1 aromatic carbocycles. The molecule has 2 aromatic rings. The van der Waals surface area contributed by atoms with Gasteiger partial charge in [0.25, 0.3) is 0 Å². The van der Waals surface area contributed by atoms with Gasteiger partial charge in [-0.15, -0.1) is 11.3 Å². The maximum atomic E-state index is 12.7. The average molecular weight is 300 g/mol. The molecule has 1 unspecified atom stereocenters. The molecule has 1 heterocycles. The number of benzene rings is 1. The molecular weight excluding hydrogens is 289 g/mol. The van der Waals surface area contributed by atoms with Crippen molar-refractivity contribution in [2.75, 3.05) is 0 Å². The first-order valence-electron chi connectivity index (χ1n) is 4.90. The first kappa shape index (κ1) is 11.8. The van der Waals surface area contributed by atoms with Crippen molar-refractivity contribution in [3.05, 3.63) is 56.4 Å². The largest absolute Gasteiger partial charge is 0.323 e. The Hall–Kier alpha value is -0.710. The minimum absolute atomic E-state index is 0.0261. The van der Waals surface area contributed by atoms with Gasteiger partial charge in [0.05, 0.1) is 3.79 Å². The minimum atomic E-state index is -0.212. The van der Waals surface area contributed by atoms with E-state index in [-0.39, 0.29) is 11.9 Å². The zero-order valence-electron chi connectivity index (χ0n) is 8.49. The maximum absolute atomic E-state index is 12.7. The van der Waals surface area contributed by atoms with Crippen molar-refractivity contribution in [1.82, 2.24) is 0 Å². The number of rotatable bonds is 3. The van der Waals surface area contributed by atoms with Crippen molar-refractivity contribution in [3.63, 3.8) is 0 Å². The molecule has 0 saturated carbocycles. The lowest BCUT2D eigenvalue weighted by atomic mass is 10.1. The molecule has 84 valence electrons. The van der Waals surface area contributed by atoms with Crippen LogP contribution in [0.25, 0.3) is 0 Å². The van der Waals surface area contributed by atoms with E-state index in [1.165, 1.54) is 12.1 Å². The summed E-state index contributed by atoms with van der Waals surface area (Å²) in [6.07, 6.45) is 0.729. The molecule has 2 N–H and O–H groups in total. The predicted molar refractivity (Wildman–Crippen MR) is 69.1 cm³/mol. The second-order valence-corrected chi connectivity index (χ2v) is 6.07. The molecule has 16 heavy (non-hydrogen) atoms. The Kier molecular flexibility index (Phi) is 3.74. The molecule has 1 atom stereocenters. The van der Waals surface area contributed by atoms with Crippen molar-refractivity contribution in [1.29, 1.82) is 0 Å². The summed E-state index contributed by atoms with van der Waals surface area (Å²) in [4.78, 5) is 1.14. The van der Waals surface area contributed by atoms with E-state index in [1.807, 2.05) is 12.1 Å². The minimum Gasteiger partial charge on any atom is -0.323 e. The summed E-state index contributed by atoms with van der Waals surface area (Å²) in [7, 11) is 0. The van der Waals surface area contributed by atoms with Gasteiger partial charge in [0.15, 0.2) is 0 Å². The van der Waals surface area contributed by atoms with Crippen LogP contribution in [0.2, 0.25) is 0 Å². The second kappa shape index (κ2) is 5.08.